The van der Waals surface area contributed by atoms with Gasteiger partial charge in [-0.2, -0.15) is 0 Å². The second-order valence-corrected chi connectivity index (χ2v) is 4.20. The summed E-state index contributed by atoms with van der Waals surface area (Å²) in [5.74, 6) is 1.05. The van der Waals surface area contributed by atoms with Gasteiger partial charge in [-0.25, -0.2) is 0 Å². The van der Waals surface area contributed by atoms with Crippen LogP contribution in [0, 0.1) is 0 Å². The maximum Gasteiger partial charge on any atom is 0.257 e. The van der Waals surface area contributed by atoms with Gasteiger partial charge in [-0.15, -0.1) is 0 Å². The van der Waals surface area contributed by atoms with E-state index in [0.717, 1.165) is 5.76 Å². The summed E-state index contributed by atoms with van der Waals surface area (Å²) in [5, 5.41) is 0. The van der Waals surface area contributed by atoms with Gasteiger partial charge in [-0.05, 0) is 24.3 Å². The first-order chi connectivity index (χ1) is 9.11. The first kappa shape index (κ1) is 13.0. The molecular formula is C14H16N2O3. The van der Waals surface area contributed by atoms with E-state index < -0.39 is 0 Å². The first-order valence-electron chi connectivity index (χ1n) is 5.83. The molecule has 2 rings (SSSR count). The lowest BCUT2D eigenvalue weighted by Gasteiger charge is -2.17. The normalized spacial score (nSPS) is 10.2. The van der Waals surface area contributed by atoms with Gasteiger partial charge >= 0.3 is 0 Å². The third kappa shape index (κ3) is 2.88. The van der Waals surface area contributed by atoms with Crippen molar-refractivity contribution in [2.45, 2.75) is 6.54 Å². The van der Waals surface area contributed by atoms with Crippen LogP contribution in [0.25, 0.3) is 0 Å². The van der Waals surface area contributed by atoms with Gasteiger partial charge in [0.05, 0.1) is 25.5 Å². The Morgan fingerprint density at radius 2 is 2.21 bits per heavy atom. The number of anilines is 1. The number of carbonyl (C=O) groups excluding carboxylic acids is 1. The monoisotopic (exact) mass is 260 g/mol. The fourth-order valence-corrected chi connectivity index (χ4v) is 1.80. The highest BCUT2D eigenvalue weighted by molar-refractivity contribution is 5.97. The Morgan fingerprint density at radius 1 is 1.42 bits per heavy atom. The Kier molecular flexibility index (Phi) is 3.75. The standard InChI is InChI=1S/C14H16N2O3/c1-16(9-11-4-3-7-19-11)14(17)12-6-5-10(15)8-13(12)18-2/h3-8H,9,15H2,1-2H3. The number of carbonyl (C=O) groups is 1. The lowest BCUT2D eigenvalue weighted by Crippen LogP contribution is -2.26. The zero-order chi connectivity index (χ0) is 13.8. The van der Waals surface area contributed by atoms with E-state index in [1.165, 1.54) is 7.11 Å². The van der Waals surface area contributed by atoms with Crippen molar-refractivity contribution in [1.29, 1.82) is 0 Å². The van der Waals surface area contributed by atoms with Gasteiger partial charge in [0, 0.05) is 18.8 Å². The second-order valence-electron chi connectivity index (χ2n) is 4.20. The zero-order valence-electron chi connectivity index (χ0n) is 10.9. The van der Waals surface area contributed by atoms with E-state index in [1.807, 2.05) is 6.07 Å². The Bertz CT molecular complexity index is 564. The molecule has 0 radical (unpaired) electrons. The van der Waals surface area contributed by atoms with Crippen molar-refractivity contribution in [3.05, 3.63) is 47.9 Å². The Balaban J connectivity index is 2.19. The molecule has 5 nitrogen and oxygen atoms in total. The van der Waals surface area contributed by atoms with E-state index in [1.54, 1.807) is 42.5 Å². The van der Waals surface area contributed by atoms with E-state index in [-0.39, 0.29) is 5.91 Å². The summed E-state index contributed by atoms with van der Waals surface area (Å²) in [4.78, 5) is 13.9. The maximum atomic E-state index is 12.3. The molecule has 0 saturated carbocycles. The van der Waals surface area contributed by atoms with Gasteiger partial charge in [-0.1, -0.05) is 0 Å². The predicted octanol–water partition coefficient (Wildman–Crippen LogP) is 2.14. The highest BCUT2D eigenvalue weighted by Crippen LogP contribution is 2.23. The summed E-state index contributed by atoms with van der Waals surface area (Å²) in [5.41, 5.74) is 6.70. The lowest BCUT2D eigenvalue weighted by atomic mass is 10.1. The molecule has 1 amide bonds. The number of hydrogen-bond donors (Lipinski definition) is 1. The van der Waals surface area contributed by atoms with Gasteiger partial charge in [-0.3, -0.25) is 4.79 Å². The van der Waals surface area contributed by atoms with Crippen molar-refractivity contribution in [2.75, 3.05) is 19.9 Å². The van der Waals surface area contributed by atoms with Gasteiger partial charge in [0.15, 0.2) is 0 Å². The fraction of sp³-hybridized carbons (Fsp3) is 0.214. The number of nitrogens with zero attached hydrogens (tertiary/aromatic N) is 1. The molecule has 1 aromatic carbocycles. The third-order valence-corrected chi connectivity index (χ3v) is 2.78. The highest BCUT2D eigenvalue weighted by atomic mass is 16.5. The van der Waals surface area contributed by atoms with Gasteiger partial charge in [0.1, 0.15) is 11.5 Å². The van der Waals surface area contributed by atoms with Crippen LogP contribution in [0.2, 0.25) is 0 Å². The molecule has 2 N–H and O–H groups in total. The summed E-state index contributed by atoms with van der Waals surface area (Å²) < 4.78 is 10.4. The molecule has 1 aromatic heterocycles. The van der Waals surface area contributed by atoms with Crippen LogP contribution < -0.4 is 10.5 Å². The molecule has 0 aliphatic heterocycles. The third-order valence-electron chi connectivity index (χ3n) is 2.78. The molecule has 0 saturated heterocycles. The van der Waals surface area contributed by atoms with Crippen LogP contribution in [0.1, 0.15) is 16.1 Å². The number of hydrogen-bond acceptors (Lipinski definition) is 4. The molecule has 0 atom stereocenters. The molecule has 2 aromatic rings. The number of amides is 1. The number of benzene rings is 1. The molecule has 0 aliphatic rings. The minimum atomic E-state index is -0.145. The van der Waals surface area contributed by atoms with Crippen molar-refractivity contribution in [3.8, 4) is 5.75 Å². The quantitative estimate of drug-likeness (QED) is 0.855. The van der Waals surface area contributed by atoms with Crippen molar-refractivity contribution >= 4 is 11.6 Å². The lowest BCUT2D eigenvalue weighted by molar-refractivity contribution is 0.0772. The minimum Gasteiger partial charge on any atom is -0.496 e. The largest absolute Gasteiger partial charge is 0.496 e. The highest BCUT2D eigenvalue weighted by Gasteiger charge is 2.17. The topological polar surface area (TPSA) is 68.7 Å². The average molecular weight is 260 g/mol. The zero-order valence-corrected chi connectivity index (χ0v) is 10.9. The number of nitrogen functional groups attached to an aromatic ring is 1. The van der Waals surface area contributed by atoms with E-state index in [0.29, 0.717) is 23.5 Å². The van der Waals surface area contributed by atoms with Crippen LogP contribution >= 0.6 is 0 Å². The molecule has 100 valence electrons. The number of nitrogens with two attached hydrogens (primary N) is 1. The van der Waals surface area contributed by atoms with E-state index in [9.17, 15) is 4.79 Å². The van der Waals surface area contributed by atoms with Crippen molar-refractivity contribution in [3.63, 3.8) is 0 Å². The minimum absolute atomic E-state index is 0.145. The Morgan fingerprint density at radius 3 is 2.84 bits per heavy atom. The fourth-order valence-electron chi connectivity index (χ4n) is 1.80. The summed E-state index contributed by atoms with van der Waals surface area (Å²) in [7, 11) is 3.22. The van der Waals surface area contributed by atoms with Gasteiger partial charge in [0.2, 0.25) is 0 Å². The predicted molar refractivity (Wildman–Crippen MR) is 71.9 cm³/mol. The second kappa shape index (κ2) is 5.48. The van der Waals surface area contributed by atoms with E-state index >= 15 is 0 Å². The van der Waals surface area contributed by atoms with Gasteiger partial charge in [0.25, 0.3) is 5.91 Å². The van der Waals surface area contributed by atoms with Crippen LogP contribution in [0.4, 0.5) is 5.69 Å². The van der Waals surface area contributed by atoms with Crippen LogP contribution in [0.5, 0.6) is 5.75 Å². The molecule has 0 fully saturated rings. The summed E-state index contributed by atoms with van der Waals surface area (Å²) in [6.07, 6.45) is 1.58. The van der Waals surface area contributed by atoms with Crippen molar-refractivity contribution in [2.24, 2.45) is 0 Å². The molecule has 0 spiro atoms. The molecular weight excluding hydrogens is 244 g/mol. The van der Waals surface area contributed by atoms with Crippen LogP contribution in [-0.2, 0) is 6.54 Å². The molecule has 19 heavy (non-hydrogen) atoms. The van der Waals surface area contributed by atoms with E-state index in [4.69, 9.17) is 14.9 Å². The summed E-state index contributed by atoms with van der Waals surface area (Å²) in [6, 6.07) is 8.58. The van der Waals surface area contributed by atoms with Crippen LogP contribution in [0.3, 0.4) is 0 Å². The molecule has 0 bridgehead atoms. The van der Waals surface area contributed by atoms with Crippen LogP contribution in [-0.4, -0.2) is 25.0 Å². The maximum absolute atomic E-state index is 12.3. The Labute approximate surface area is 111 Å². The molecule has 0 aliphatic carbocycles. The SMILES string of the molecule is COc1cc(N)ccc1C(=O)N(C)Cc1ccco1. The van der Waals surface area contributed by atoms with Crippen molar-refractivity contribution in [1.82, 2.24) is 4.90 Å². The smallest absolute Gasteiger partial charge is 0.257 e. The molecule has 1 heterocycles. The van der Waals surface area contributed by atoms with E-state index in [2.05, 4.69) is 0 Å². The number of methoxy groups -OCH3 is 1. The summed E-state index contributed by atoms with van der Waals surface area (Å²) >= 11 is 0. The van der Waals surface area contributed by atoms with Crippen LogP contribution in [0.15, 0.2) is 41.0 Å². The number of furan rings is 1. The average Bonchev–Trinajstić information content (AvgIpc) is 2.90. The molecule has 0 unspecified atom stereocenters. The molecule has 5 heteroatoms. The number of rotatable bonds is 4. The Hall–Kier alpha value is -2.43. The van der Waals surface area contributed by atoms with Crippen molar-refractivity contribution < 1.29 is 13.9 Å². The number of ether oxygens (including phenoxy) is 1. The summed E-state index contributed by atoms with van der Waals surface area (Å²) in [6.45, 7) is 0.402. The first-order valence-corrected chi connectivity index (χ1v) is 5.83. The van der Waals surface area contributed by atoms with Gasteiger partial charge < -0.3 is 19.8 Å².